The second kappa shape index (κ2) is 9.03. The molecule has 24 heavy (non-hydrogen) atoms. The molecule has 0 radical (unpaired) electrons. The van der Waals surface area contributed by atoms with Crippen LogP contribution in [0.4, 0.5) is 10.6 Å². The molecular weight excluding hydrogens is 306 g/mol. The molecule has 7 nitrogen and oxygen atoms in total. The van der Waals surface area contributed by atoms with Crippen molar-refractivity contribution in [3.8, 4) is 0 Å². The molecule has 1 saturated heterocycles. The van der Waals surface area contributed by atoms with Crippen LogP contribution < -0.4 is 10.6 Å². The number of morpholine rings is 1. The highest BCUT2D eigenvalue weighted by Gasteiger charge is 2.21. The highest BCUT2D eigenvalue weighted by molar-refractivity contribution is 5.88. The fraction of sp³-hybridized carbons (Fsp3) is 0.765. The number of unbranched alkanes of at least 4 members (excludes halogenated alkanes) is 1. The van der Waals surface area contributed by atoms with Crippen LogP contribution in [0.15, 0.2) is 12.3 Å². The molecule has 2 atom stereocenters. The number of carbonyl (C=O) groups is 1. The minimum Gasteiger partial charge on any atom is -0.373 e. The van der Waals surface area contributed by atoms with Crippen LogP contribution in [-0.4, -0.2) is 59.1 Å². The van der Waals surface area contributed by atoms with Crippen LogP contribution in [0.5, 0.6) is 0 Å². The monoisotopic (exact) mass is 337 g/mol. The van der Waals surface area contributed by atoms with Crippen molar-refractivity contribution >= 4 is 11.8 Å². The highest BCUT2D eigenvalue weighted by Crippen LogP contribution is 2.13. The van der Waals surface area contributed by atoms with E-state index in [1.807, 2.05) is 13.8 Å². The fourth-order valence-corrected chi connectivity index (χ4v) is 3.11. The van der Waals surface area contributed by atoms with Gasteiger partial charge in [0.1, 0.15) is 5.82 Å². The Hall–Kier alpha value is -1.60. The molecule has 7 heteroatoms. The third kappa shape index (κ3) is 5.79. The second-order valence-corrected chi connectivity index (χ2v) is 6.86. The van der Waals surface area contributed by atoms with E-state index in [9.17, 15) is 4.79 Å². The topological polar surface area (TPSA) is 71.4 Å². The van der Waals surface area contributed by atoms with Crippen LogP contribution in [0, 0.1) is 0 Å². The Kier molecular flexibility index (Phi) is 7.05. The minimum absolute atomic E-state index is 0.175. The maximum Gasteiger partial charge on any atom is 0.320 e. The van der Waals surface area contributed by atoms with E-state index in [4.69, 9.17) is 4.74 Å². The molecule has 0 saturated carbocycles. The molecule has 2 N–H and O–H groups in total. The molecule has 0 bridgehead atoms. The lowest BCUT2D eigenvalue weighted by atomic mass is 10.2. The van der Waals surface area contributed by atoms with Gasteiger partial charge < -0.3 is 10.1 Å². The van der Waals surface area contributed by atoms with Crippen molar-refractivity contribution in [3.05, 3.63) is 12.3 Å². The van der Waals surface area contributed by atoms with Gasteiger partial charge in [0.2, 0.25) is 0 Å². The number of rotatable bonds is 7. The van der Waals surface area contributed by atoms with E-state index in [-0.39, 0.29) is 12.1 Å². The van der Waals surface area contributed by atoms with E-state index >= 15 is 0 Å². The van der Waals surface area contributed by atoms with Crippen molar-refractivity contribution in [2.45, 2.75) is 58.8 Å². The Labute approximate surface area is 144 Å². The zero-order chi connectivity index (χ0) is 17.5. The predicted molar refractivity (Wildman–Crippen MR) is 95.3 cm³/mol. The van der Waals surface area contributed by atoms with Gasteiger partial charge in [-0.25, -0.2) is 9.48 Å². The summed E-state index contributed by atoms with van der Waals surface area (Å²) in [5.74, 6) is 0.721. The fourth-order valence-electron chi connectivity index (χ4n) is 3.11. The SMILES string of the molecule is CC(C)n1nccc1NC(=O)NCCCCN1C[C@@H](C)O[C@H](C)C1. The van der Waals surface area contributed by atoms with Crippen molar-refractivity contribution in [1.29, 1.82) is 0 Å². The lowest BCUT2D eigenvalue weighted by molar-refractivity contribution is -0.0681. The first-order chi connectivity index (χ1) is 11.5. The summed E-state index contributed by atoms with van der Waals surface area (Å²) in [4.78, 5) is 14.4. The van der Waals surface area contributed by atoms with E-state index < -0.39 is 0 Å². The number of ether oxygens (including phenoxy) is 1. The van der Waals surface area contributed by atoms with E-state index in [2.05, 4.69) is 34.5 Å². The number of hydrogen-bond donors (Lipinski definition) is 2. The average molecular weight is 337 g/mol. The van der Waals surface area contributed by atoms with Gasteiger partial charge in [0.05, 0.1) is 18.4 Å². The van der Waals surface area contributed by atoms with Gasteiger partial charge >= 0.3 is 6.03 Å². The van der Waals surface area contributed by atoms with Crippen LogP contribution in [0.3, 0.4) is 0 Å². The molecule has 0 unspecified atom stereocenters. The van der Waals surface area contributed by atoms with Crippen LogP contribution >= 0.6 is 0 Å². The molecule has 0 spiro atoms. The Balaban J connectivity index is 1.60. The number of anilines is 1. The molecule has 1 aromatic heterocycles. The number of amides is 2. The molecule has 0 aromatic carbocycles. The summed E-state index contributed by atoms with van der Waals surface area (Å²) in [6, 6.07) is 1.85. The largest absolute Gasteiger partial charge is 0.373 e. The Morgan fingerprint density at radius 2 is 2.04 bits per heavy atom. The van der Waals surface area contributed by atoms with Crippen LogP contribution in [-0.2, 0) is 4.74 Å². The summed E-state index contributed by atoms with van der Waals surface area (Å²) in [5, 5.41) is 9.96. The summed E-state index contributed by atoms with van der Waals surface area (Å²) in [6.07, 6.45) is 4.35. The number of nitrogens with zero attached hydrogens (tertiary/aromatic N) is 3. The second-order valence-electron chi connectivity index (χ2n) is 6.86. The zero-order valence-electron chi connectivity index (χ0n) is 15.3. The van der Waals surface area contributed by atoms with Crippen molar-refractivity contribution in [3.63, 3.8) is 0 Å². The van der Waals surface area contributed by atoms with Crippen molar-refractivity contribution in [1.82, 2.24) is 20.0 Å². The summed E-state index contributed by atoms with van der Waals surface area (Å²) in [6.45, 7) is 12.0. The molecule has 1 aliphatic rings. The van der Waals surface area contributed by atoms with Gasteiger partial charge in [0.15, 0.2) is 0 Å². The van der Waals surface area contributed by atoms with Crippen molar-refractivity contribution in [2.24, 2.45) is 0 Å². The first-order valence-electron chi connectivity index (χ1n) is 8.92. The lowest BCUT2D eigenvalue weighted by Gasteiger charge is -2.35. The first kappa shape index (κ1) is 18.7. The molecule has 2 amide bonds. The van der Waals surface area contributed by atoms with Gasteiger partial charge in [-0.15, -0.1) is 0 Å². The van der Waals surface area contributed by atoms with Crippen molar-refractivity contribution < 1.29 is 9.53 Å². The normalized spacial score (nSPS) is 21.9. The third-order valence-electron chi connectivity index (χ3n) is 4.08. The van der Waals surface area contributed by atoms with Gasteiger partial charge in [-0.2, -0.15) is 5.10 Å². The van der Waals surface area contributed by atoms with Crippen LogP contribution in [0.1, 0.15) is 46.6 Å². The van der Waals surface area contributed by atoms with E-state index in [0.29, 0.717) is 18.8 Å². The standard InChI is InChI=1S/C17H31N5O2/c1-13(2)22-16(7-9-19-22)20-17(23)18-8-5-6-10-21-11-14(3)24-15(4)12-21/h7,9,13-15H,5-6,8,10-12H2,1-4H3,(H2,18,20,23)/t14-,15-/m1/s1. The van der Waals surface area contributed by atoms with Crippen LogP contribution in [0.25, 0.3) is 0 Å². The molecule has 1 aromatic rings. The summed E-state index contributed by atoms with van der Waals surface area (Å²) in [5.41, 5.74) is 0. The molecule has 0 aliphatic carbocycles. The van der Waals surface area contributed by atoms with Gasteiger partial charge in [-0.1, -0.05) is 0 Å². The van der Waals surface area contributed by atoms with Gasteiger partial charge in [0.25, 0.3) is 0 Å². The first-order valence-corrected chi connectivity index (χ1v) is 8.92. The predicted octanol–water partition coefficient (Wildman–Crippen LogP) is 2.47. The Morgan fingerprint density at radius 1 is 1.33 bits per heavy atom. The zero-order valence-corrected chi connectivity index (χ0v) is 15.3. The molecule has 1 fully saturated rings. The number of carbonyl (C=O) groups excluding carboxylic acids is 1. The molecule has 1 aliphatic heterocycles. The number of aromatic nitrogens is 2. The summed E-state index contributed by atoms with van der Waals surface area (Å²) >= 11 is 0. The van der Waals surface area contributed by atoms with E-state index in [0.717, 1.165) is 38.3 Å². The minimum atomic E-state index is -0.175. The quantitative estimate of drug-likeness (QED) is 0.750. The van der Waals surface area contributed by atoms with Gasteiger partial charge in [-0.3, -0.25) is 10.2 Å². The summed E-state index contributed by atoms with van der Waals surface area (Å²) < 4.78 is 7.53. The lowest BCUT2D eigenvalue weighted by Crippen LogP contribution is -2.45. The number of nitrogens with one attached hydrogen (secondary N) is 2. The molecular formula is C17H31N5O2. The Morgan fingerprint density at radius 3 is 2.71 bits per heavy atom. The Bertz CT molecular complexity index is 507. The maximum absolute atomic E-state index is 11.9. The van der Waals surface area contributed by atoms with E-state index in [1.165, 1.54) is 0 Å². The third-order valence-corrected chi connectivity index (χ3v) is 4.08. The maximum atomic E-state index is 11.9. The smallest absolute Gasteiger partial charge is 0.320 e. The molecule has 2 heterocycles. The molecule has 136 valence electrons. The highest BCUT2D eigenvalue weighted by atomic mass is 16.5. The molecule has 2 rings (SSSR count). The summed E-state index contributed by atoms with van der Waals surface area (Å²) in [7, 11) is 0. The number of hydrogen-bond acceptors (Lipinski definition) is 4. The van der Waals surface area contributed by atoms with E-state index in [1.54, 1.807) is 16.9 Å². The van der Waals surface area contributed by atoms with Gasteiger partial charge in [-0.05, 0) is 47.1 Å². The van der Waals surface area contributed by atoms with Crippen LogP contribution in [0.2, 0.25) is 0 Å². The number of urea groups is 1. The van der Waals surface area contributed by atoms with Crippen molar-refractivity contribution in [2.75, 3.05) is 31.5 Å². The van der Waals surface area contributed by atoms with Gasteiger partial charge in [0, 0.05) is 31.7 Å². The average Bonchev–Trinajstić information content (AvgIpc) is 2.94.